The van der Waals surface area contributed by atoms with Gasteiger partial charge in [0.2, 0.25) is 0 Å². The molecule has 1 aliphatic rings. The normalized spacial score (nSPS) is 15.5. The first kappa shape index (κ1) is 17.1. The van der Waals surface area contributed by atoms with E-state index in [9.17, 15) is 0 Å². The van der Waals surface area contributed by atoms with E-state index in [0.717, 1.165) is 4.67 Å². The number of rotatable bonds is 1. The maximum atomic E-state index is 6.32. The molecule has 0 saturated carbocycles. The van der Waals surface area contributed by atoms with Crippen LogP contribution in [0, 0.1) is 6.92 Å². The predicted octanol–water partition coefficient (Wildman–Crippen LogP) is 6.98. The van der Waals surface area contributed by atoms with Crippen LogP contribution in [0.2, 0.25) is 10.0 Å². The van der Waals surface area contributed by atoms with Crippen molar-refractivity contribution in [2.24, 2.45) is 4.99 Å². The number of hydrogen-bond acceptors (Lipinski definition) is 4. The van der Waals surface area contributed by atoms with Gasteiger partial charge >= 0.3 is 0 Å². The number of nitrogens with one attached hydrogen (secondary N) is 1. The van der Waals surface area contributed by atoms with Crippen molar-refractivity contribution >= 4 is 55.3 Å². The predicted molar refractivity (Wildman–Crippen MR) is 111 cm³/mol. The van der Waals surface area contributed by atoms with E-state index in [1.807, 2.05) is 6.07 Å². The van der Waals surface area contributed by atoms with Gasteiger partial charge in [0.1, 0.15) is 4.67 Å². The molecule has 2 aromatic carbocycles. The number of halogens is 2. The third-order valence-electron chi connectivity index (χ3n) is 4.32. The maximum absolute atomic E-state index is 6.32. The van der Waals surface area contributed by atoms with Crippen LogP contribution in [0.25, 0.3) is 11.1 Å². The van der Waals surface area contributed by atoms with E-state index in [4.69, 9.17) is 28.2 Å². The highest BCUT2D eigenvalue weighted by atomic mass is 35.5. The molecular formula is C19H16Cl2N2S2. The Kier molecular flexibility index (Phi) is 4.19. The molecule has 25 heavy (non-hydrogen) atoms. The Balaban J connectivity index is 2.02. The number of fused-ring (bicyclic) bond motifs is 3. The molecule has 0 spiro atoms. The minimum Gasteiger partial charge on any atom is -0.374 e. The summed E-state index contributed by atoms with van der Waals surface area (Å²) in [5.74, 6) is 0. The lowest BCUT2D eigenvalue weighted by atomic mass is 9.88. The van der Waals surface area contributed by atoms with Crippen molar-refractivity contribution in [1.29, 1.82) is 0 Å². The van der Waals surface area contributed by atoms with Crippen molar-refractivity contribution in [3.8, 4) is 11.1 Å². The van der Waals surface area contributed by atoms with E-state index in [0.29, 0.717) is 15.7 Å². The van der Waals surface area contributed by atoms with Crippen LogP contribution >= 0.6 is 43.9 Å². The Labute approximate surface area is 164 Å². The van der Waals surface area contributed by atoms with E-state index in [-0.39, 0.29) is 5.54 Å². The fraction of sp³-hybridized carbons (Fsp3) is 0.211. The zero-order chi connectivity index (χ0) is 17.8. The molecule has 1 aromatic heterocycles. The summed E-state index contributed by atoms with van der Waals surface area (Å²) in [7, 11) is 3.45. The highest BCUT2D eigenvalue weighted by Gasteiger charge is 2.34. The molecule has 128 valence electrons. The van der Waals surface area contributed by atoms with Gasteiger partial charge in [-0.25, -0.2) is 4.99 Å². The van der Waals surface area contributed by atoms with Crippen LogP contribution in [0.3, 0.4) is 0 Å². The fourth-order valence-electron chi connectivity index (χ4n) is 3.08. The number of hydrogen-bond donors (Lipinski definition) is 1. The summed E-state index contributed by atoms with van der Waals surface area (Å²) in [6.07, 6.45) is 0. The summed E-state index contributed by atoms with van der Waals surface area (Å²) >= 11 is 12.4. The zero-order valence-corrected chi connectivity index (χ0v) is 17.1. The van der Waals surface area contributed by atoms with E-state index >= 15 is 0 Å². The number of aryl methyl sites for hydroxylation is 1. The van der Waals surface area contributed by atoms with Crippen LogP contribution in [0.1, 0.15) is 24.3 Å². The van der Waals surface area contributed by atoms with Gasteiger partial charge in [-0.3, -0.25) is 0 Å². The summed E-state index contributed by atoms with van der Waals surface area (Å²) in [6, 6.07) is 11.8. The molecule has 0 atom stereocenters. The average Bonchev–Trinajstić information content (AvgIpc) is 2.97. The maximum Gasteiger partial charge on any atom is 0.135 e. The van der Waals surface area contributed by atoms with Crippen LogP contribution in [0.4, 0.5) is 11.4 Å². The Hall–Kier alpha value is -1.33. The zero-order valence-electron chi connectivity index (χ0n) is 14.0. The minimum absolute atomic E-state index is 0.137. The number of benzene rings is 2. The molecule has 0 radical (unpaired) electrons. The highest BCUT2D eigenvalue weighted by Crippen LogP contribution is 2.46. The van der Waals surface area contributed by atoms with Crippen LogP contribution in [-0.4, -0.2) is 0 Å². The summed E-state index contributed by atoms with van der Waals surface area (Å²) < 4.78 is 0.977. The average molecular weight is 407 g/mol. The Morgan fingerprint density at radius 2 is 1.88 bits per heavy atom. The first-order chi connectivity index (χ1) is 11.9. The van der Waals surface area contributed by atoms with Crippen molar-refractivity contribution in [1.82, 2.24) is 0 Å². The van der Waals surface area contributed by atoms with Crippen LogP contribution in [-0.2, 0) is 5.54 Å². The van der Waals surface area contributed by atoms with Gasteiger partial charge < -0.3 is 5.32 Å². The Morgan fingerprint density at radius 3 is 2.68 bits per heavy atom. The van der Waals surface area contributed by atoms with Crippen LogP contribution < -0.4 is 9.99 Å². The lowest BCUT2D eigenvalue weighted by molar-refractivity contribution is 0.618. The quantitative estimate of drug-likeness (QED) is 0.432. The highest BCUT2D eigenvalue weighted by molar-refractivity contribution is 7.68. The lowest BCUT2D eigenvalue weighted by Gasteiger charge is -2.34. The first-order valence-electron chi connectivity index (χ1n) is 7.88. The summed E-state index contributed by atoms with van der Waals surface area (Å²) in [6.45, 7) is 6.55. The summed E-state index contributed by atoms with van der Waals surface area (Å²) in [5.41, 5.74) is 5.38. The van der Waals surface area contributed by atoms with Gasteiger partial charge in [0.25, 0.3) is 0 Å². The fourth-order valence-corrected chi connectivity index (χ4v) is 6.34. The molecule has 0 unspecified atom stereocenters. The second-order valence-corrected chi connectivity index (χ2v) is 9.60. The second kappa shape index (κ2) is 6.13. The van der Waals surface area contributed by atoms with Crippen LogP contribution in [0.5, 0.6) is 0 Å². The van der Waals surface area contributed by atoms with E-state index in [1.165, 1.54) is 27.3 Å². The summed E-state index contributed by atoms with van der Waals surface area (Å²) in [5, 5.41) is 4.93. The molecule has 0 saturated heterocycles. The SMILES string of the molecule is Cc1cccc2c1NC(C)(C)c1ssc(=Nc3cc(Cl)ccc3Cl)c1-2. The topological polar surface area (TPSA) is 24.4 Å². The smallest absolute Gasteiger partial charge is 0.135 e. The van der Waals surface area contributed by atoms with Crippen molar-refractivity contribution in [2.75, 3.05) is 5.32 Å². The largest absolute Gasteiger partial charge is 0.374 e. The monoisotopic (exact) mass is 406 g/mol. The molecule has 0 aliphatic carbocycles. The third kappa shape index (κ3) is 2.91. The third-order valence-corrected chi connectivity index (χ3v) is 7.52. The molecule has 1 aliphatic heterocycles. The van der Waals surface area contributed by atoms with Crippen molar-refractivity contribution in [2.45, 2.75) is 26.3 Å². The molecular weight excluding hydrogens is 391 g/mol. The minimum atomic E-state index is -0.137. The van der Waals surface area contributed by atoms with Gasteiger partial charge in [-0.05, 0) is 44.5 Å². The molecule has 1 N–H and O–H groups in total. The number of anilines is 1. The number of para-hydroxylation sites is 1. The van der Waals surface area contributed by atoms with Crippen molar-refractivity contribution in [3.63, 3.8) is 0 Å². The molecule has 2 heterocycles. The number of nitrogens with zero attached hydrogens (tertiary/aromatic N) is 1. The molecule has 4 rings (SSSR count). The van der Waals surface area contributed by atoms with Gasteiger partial charge in [-0.2, -0.15) is 0 Å². The molecule has 3 aromatic rings. The van der Waals surface area contributed by atoms with Crippen molar-refractivity contribution in [3.05, 3.63) is 61.6 Å². The second-order valence-electron chi connectivity index (χ2n) is 6.63. The molecule has 6 heteroatoms. The molecule has 0 fully saturated rings. The van der Waals surface area contributed by atoms with Gasteiger partial charge in [0.05, 0.1) is 21.1 Å². The van der Waals surface area contributed by atoms with Gasteiger partial charge in [0.15, 0.2) is 0 Å². The Bertz CT molecular complexity index is 1050. The van der Waals surface area contributed by atoms with Gasteiger partial charge in [-0.15, -0.1) is 0 Å². The lowest BCUT2D eigenvalue weighted by Crippen LogP contribution is -2.32. The van der Waals surface area contributed by atoms with Crippen molar-refractivity contribution < 1.29 is 0 Å². The van der Waals surface area contributed by atoms with Gasteiger partial charge in [-0.1, -0.05) is 62.1 Å². The Morgan fingerprint density at radius 1 is 1.08 bits per heavy atom. The first-order valence-corrected chi connectivity index (χ1v) is 10.8. The standard InChI is InChI=1S/C19H16Cl2N2S2/c1-10-5-4-6-12-15-17(19(2,3)23-16(10)12)24-25-18(15)22-14-9-11(20)7-8-13(14)21/h4-9,23H,1-3H3. The molecule has 0 bridgehead atoms. The molecule has 0 amide bonds. The molecule has 2 nitrogen and oxygen atoms in total. The van der Waals surface area contributed by atoms with E-state index < -0.39 is 0 Å². The van der Waals surface area contributed by atoms with Crippen LogP contribution in [0.15, 0.2) is 41.4 Å². The van der Waals surface area contributed by atoms with E-state index in [1.54, 1.807) is 32.8 Å². The van der Waals surface area contributed by atoms with E-state index in [2.05, 4.69) is 44.3 Å². The van der Waals surface area contributed by atoms with Gasteiger partial charge in [0, 0.05) is 21.8 Å². The summed E-state index contributed by atoms with van der Waals surface area (Å²) in [4.78, 5) is 6.15.